The van der Waals surface area contributed by atoms with E-state index in [9.17, 15) is 13.2 Å². The molecular formula is C11H13ClF3N3O. The molecule has 1 aromatic heterocycles. The van der Waals surface area contributed by atoms with Crippen molar-refractivity contribution in [1.82, 2.24) is 10.3 Å². The van der Waals surface area contributed by atoms with Crippen molar-refractivity contribution < 1.29 is 17.9 Å². The number of pyridine rings is 1. The molecule has 2 N–H and O–H groups in total. The molecule has 1 fully saturated rings. The van der Waals surface area contributed by atoms with Crippen LogP contribution in [0.4, 0.5) is 19.0 Å². The van der Waals surface area contributed by atoms with Crippen molar-refractivity contribution in [3.63, 3.8) is 0 Å². The Bertz CT molecular complexity index is 461. The van der Waals surface area contributed by atoms with Crippen molar-refractivity contribution in [2.45, 2.75) is 25.2 Å². The highest BCUT2D eigenvalue weighted by atomic mass is 35.5. The highest BCUT2D eigenvalue weighted by Gasteiger charge is 2.40. The smallest absolute Gasteiger partial charge is 0.366 e. The molecule has 0 radical (unpaired) electrons. The minimum absolute atomic E-state index is 0.0238. The zero-order valence-corrected chi connectivity index (χ0v) is 10.8. The number of morpholine rings is 1. The van der Waals surface area contributed by atoms with Gasteiger partial charge in [-0.3, -0.25) is 0 Å². The van der Waals surface area contributed by atoms with Gasteiger partial charge in [-0.15, -0.1) is 0 Å². The third-order valence-corrected chi connectivity index (χ3v) is 3.00. The highest BCUT2D eigenvalue weighted by molar-refractivity contribution is 6.30. The monoisotopic (exact) mass is 295 g/mol. The van der Waals surface area contributed by atoms with Gasteiger partial charge >= 0.3 is 6.11 Å². The number of nitrogens with zero attached hydrogens (tertiary/aromatic N) is 1. The summed E-state index contributed by atoms with van der Waals surface area (Å²) in [4.78, 5) is 3.78. The molecule has 2 atom stereocenters. The Morgan fingerprint density at radius 1 is 1.63 bits per heavy atom. The Kier molecular flexibility index (Phi) is 4.17. The van der Waals surface area contributed by atoms with Gasteiger partial charge in [0.2, 0.25) is 0 Å². The fraction of sp³-hybridized carbons (Fsp3) is 0.545. The summed E-state index contributed by atoms with van der Waals surface area (Å²) < 4.78 is 43.8. The number of anilines is 1. The second-order valence-electron chi connectivity index (χ2n) is 4.31. The Labute approximate surface area is 113 Å². The predicted molar refractivity (Wildman–Crippen MR) is 65.0 cm³/mol. The van der Waals surface area contributed by atoms with E-state index in [4.69, 9.17) is 11.6 Å². The Balaban J connectivity index is 1.92. The summed E-state index contributed by atoms with van der Waals surface area (Å²) in [5, 5.41) is 5.57. The topological polar surface area (TPSA) is 46.2 Å². The fourth-order valence-corrected chi connectivity index (χ4v) is 1.95. The molecule has 2 rings (SSSR count). The van der Waals surface area contributed by atoms with Crippen LogP contribution in [0, 0.1) is 5.82 Å². The van der Waals surface area contributed by atoms with E-state index in [-0.39, 0.29) is 23.4 Å². The summed E-state index contributed by atoms with van der Waals surface area (Å²) >= 11 is 5.57. The molecule has 1 aromatic rings. The van der Waals surface area contributed by atoms with Gasteiger partial charge in [0.15, 0.2) is 11.6 Å². The molecule has 1 aliphatic heterocycles. The third kappa shape index (κ3) is 3.71. The Hall–Kier alpha value is -1.05. The Morgan fingerprint density at radius 2 is 2.37 bits per heavy atom. The van der Waals surface area contributed by atoms with Crippen LogP contribution in [0.5, 0.6) is 0 Å². The van der Waals surface area contributed by atoms with Crippen LogP contribution in [0.15, 0.2) is 12.3 Å². The molecule has 0 spiro atoms. The first-order valence-electron chi connectivity index (χ1n) is 5.71. The second-order valence-corrected chi connectivity index (χ2v) is 4.75. The van der Waals surface area contributed by atoms with Crippen LogP contribution in [0.3, 0.4) is 0 Å². The number of hydrogen-bond acceptors (Lipinski definition) is 4. The average Bonchev–Trinajstić information content (AvgIpc) is 2.29. The lowest BCUT2D eigenvalue weighted by Crippen LogP contribution is -2.57. The zero-order chi connectivity index (χ0) is 14.0. The first kappa shape index (κ1) is 14.4. The van der Waals surface area contributed by atoms with Crippen molar-refractivity contribution in [3.8, 4) is 0 Å². The van der Waals surface area contributed by atoms with Crippen LogP contribution in [0.25, 0.3) is 0 Å². The minimum atomic E-state index is -3.17. The predicted octanol–water partition coefficient (Wildman–Crippen LogP) is 2.26. The highest BCUT2D eigenvalue weighted by Crippen LogP contribution is 2.23. The molecule has 106 valence electrons. The molecule has 0 aliphatic carbocycles. The molecule has 1 aliphatic rings. The zero-order valence-electron chi connectivity index (χ0n) is 10.1. The van der Waals surface area contributed by atoms with Crippen LogP contribution in [0.1, 0.15) is 6.92 Å². The van der Waals surface area contributed by atoms with Gasteiger partial charge in [0.1, 0.15) is 0 Å². The molecule has 0 aromatic carbocycles. The molecule has 8 heteroatoms. The van der Waals surface area contributed by atoms with Gasteiger partial charge in [-0.05, 0) is 13.0 Å². The largest absolute Gasteiger partial charge is 0.368 e. The molecule has 0 amide bonds. The number of aromatic nitrogens is 1. The van der Waals surface area contributed by atoms with E-state index in [1.807, 2.05) is 0 Å². The lowest BCUT2D eigenvalue weighted by Gasteiger charge is -2.35. The Morgan fingerprint density at radius 3 is 3.00 bits per heavy atom. The SMILES string of the molecule is C[C@@H]1OC(F)(F)CN[C@@H]1CNc1ncc(Cl)cc1F. The maximum atomic E-state index is 13.4. The molecular weight excluding hydrogens is 283 g/mol. The van der Waals surface area contributed by atoms with Gasteiger partial charge in [0, 0.05) is 12.7 Å². The average molecular weight is 296 g/mol. The van der Waals surface area contributed by atoms with Crippen molar-refractivity contribution in [2.75, 3.05) is 18.4 Å². The van der Waals surface area contributed by atoms with Crippen molar-refractivity contribution in [3.05, 3.63) is 23.1 Å². The van der Waals surface area contributed by atoms with Crippen LogP contribution < -0.4 is 10.6 Å². The van der Waals surface area contributed by atoms with Gasteiger partial charge in [0.05, 0.1) is 23.7 Å². The summed E-state index contributed by atoms with van der Waals surface area (Å²) in [6, 6.07) is 0.760. The van der Waals surface area contributed by atoms with Gasteiger partial charge in [0.25, 0.3) is 0 Å². The normalized spacial score (nSPS) is 26.2. The number of nitrogens with one attached hydrogen (secondary N) is 2. The van der Waals surface area contributed by atoms with E-state index in [1.54, 1.807) is 0 Å². The van der Waals surface area contributed by atoms with Crippen molar-refractivity contribution >= 4 is 17.4 Å². The van der Waals surface area contributed by atoms with Crippen LogP contribution >= 0.6 is 11.6 Å². The van der Waals surface area contributed by atoms with Gasteiger partial charge in [-0.2, -0.15) is 8.78 Å². The molecule has 0 saturated carbocycles. The second kappa shape index (κ2) is 5.52. The van der Waals surface area contributed by atoms with Gasteiger partial charge in [-0.1, -0.05) is 11.6 Å². The van der Waals surface area contributed by atoms with E-state index < -0.39 is 24.6 Å². The minimum Gasteiger partial charge on any atom is -0.366 e. The lowest BCUT2D eigenvalue weighted by molar-refractivity contribution is -0.278. The van der Waals surface area contributed by atoms with Crippen molar-refractivity contribution in [2.24, 2.45) is 0 Å². The first-order valence-corrected chi connectivity index (χ1v) is 6.09. The quantitative estimate of drug-likeness (QED) is 0.898. The van der Waals surface area contributed by atoms with Gasteiger partial charge < -0.3 is 15.4 Å². The number of rotatable bonds is 3. The summed E-state index contributed by atoms with van der Waals surface area (Å²) in [5.41, 5.74) is 0. The molecule has 2 heterocycles. The van der Waals surface area contributed by atoms with E-state index in [0.717, 1.165) is 6.07 Å². The van der Waals surface area contributed by atoms with E-state index >= 15 is 0 Å². The molecule has 19 heavy (non-hydrogen) atoms. The maximum Gasteiger partial charge on any atom is 0.368 e. The first-order chi connectivity index (χ1) is 8.87. The fourth-order valence-electron chi connectivity index (χ4n) is 1.80. The number of ether oxygens (including phenoxy) is 1. The summed E-state index contributed by atoms with van der Waals surface area (Å²) in [7, 11) is 0. The molecule has 0 unspecified atom stereocenters. The van der Waals surface area contributed by atoms with E-state index in [0.29, 0.717) is 0 Å². The summed E-state index contributed by atoms with van der Waals surface area (Å²) in [5.74, 6) is -0.571. The summed E-state index contributed by atoms with van der Waals surface area (Å²) in [6.07, 6.45) is -2.57. The van der Waals surface area contributed by atoms with E-state index in [1.165, 1.54) is 13.1 Å². The lowest BCUT2D eigenvalue weighted by atomic mass is 10.1. The number of hydrogen-bond donors (Lipinski definition) is 2. The van der Waals surface area contributed by atoms with Crippen LogP contribution in [-0.4, -0.2) is 36.3 Å². The van der Waals surface area contributed by atoms with Gasteiger partial charge in [-0.25, -0.2) is 9.37 Å². The molecule has 4 nitrogen and oxygen atoms in total. The van der Waals surface area contributed by atoms with Crippen LogP contribution in [-0.2, 0) is 4.74 Å². The number of halogens is 4. The third-order valence-electron chi connectivity index (χ3n) is 2.79. The standard InChI is InChI=1S/C11H13ClF3N3O/c1-6-9(18-5-11(14,15)19-6)4-17-10-8(13)2-7(12)3-16-10/h2-3,6,9,18H,4-5H2,1H3,(H,16,17)/t6-,9+/m0/s1. The molecule has 1 saturated heterocycles. The maximum absolute atomic E-state index is 13.4. The van der Waals surface area contributed by atoms with Crippen LogP contribution in [0.2, 0.25) is 5.02 Å². The summed E-state index contributed by atoms with van der Waals surface area (Å²) in [6.45, 7) is 1.17. The van der Waals surface area contributed by atoms with Crippen molar-refractivity contribution in [1.29, 1.82) is 0 Å². The number of alkyl halides is 2. The van der Waals surface area contributed by atoms with E-state index in [2.05, 4.69) is 20.4 Å². The molecule has 0 bridgehead atoms.